The third kappa shape index (κ3) is 6.07. The van der Waals surface area contributed by atoms with E-state index in [2.05, 4.69) is 5.32 Å². The highest BCUT2D eigenvalue weighted by Crippen LogP contribution is 2.37. The molecular formula is C21H24ClF3N2O4S. The highest BCUT2D eigenvalue weighted by atomic mass is 35.5. The summed E-state index contributed by atoms with van der Waals surface area (Å²) in [5.74, 6) is -0.503. The van der Waals surface area contributed by atoms with Gasteiger partial charge in [0.15, 0.2) is 0 Å². The quantitative estimate of drug-likeness (QED) is 0.542. The van der Waals surface area contributed by atoms with Crippen LogP contribution in [-0.2, 0) is 21.0 Å². The van der Waals surface area contributed by atoms with Crippen molar-refractivity contribution in [1.29, 1.82) is 0 Å². The van der Waals surface area contributed by atoms with Gasteiger partial charge in [0, 0.05) is 6.04 Å². The minimum Gasteiger partial charge on any atom is -0.495 e. The van der Waals surface area contributed by atoms with Crippen LogP contribution in [0.15, 0.2) is 47.4 Å². The number of methoxy groups -OCH3 is 1. The second kappa shape index (κ2) is 10.4. The third-order valence-corrected chi connectivity index (χ3v) is 6.84. The van der Waals surface area contributed by atoms with E-state index in [9.17, 15) is 26.4 Å². The predicted octanol–water partition coefficient (Wildman–Crippen LogP) is 4.87. The number of hydrogen-bond donors (Lipinski definition) is 1. The molecule has 0 radical (unpaired) electrons. The molecule has 2 aromatic carbocycles. The van der Waals surface area contributed by atoms with Crippen LogP contribution in [0.5, 0.6) is 5.75 Å². The average Bonchev–Trinajstić information content (AvgIpc) is 2.71. The first-order valence-corrected chi connectivity index (χ1v) is 11.6. The number of anilines is 1. The van der Waals surface area contributed by atoms with Crippen molar-refractivity contribution in [3.05, 3.63) is 53.1 Å². The monoisotopic (exact) mass is 492 g/mol. The zero-order valence-electron chi connectivity index (χ0n) is 17.7. The van der Waals surface area contributed by atoms with Crippen molar-refractivity contribution in [2.45, 2.75) is 43.8 Å². The Kier molecular flexibility index (Phi) is 8.41. The molecule has 2 rings (SSSR count). The maximum Gasteiger partial charge on any atom is 0.416 e. The van der Waals surface area contributed by atoms with Crippen molar-refractivity contribution in [3.8, 4) is 5.75 Å². The Morgan fingerprint density at radius 2 is 1.88 bits per heavy atom. The van der Waals surface area contributed by atoms with Crippen molar-refractivity contribution < 1.29 is 31.1 Å². The molecule has 0 aliphatic heterocycles. The van der Waals surface area contributed by atoms with Crippen LogP contribution in [0.4, 0.5) is 18.9 Å². The molecule has 0 fully saturated rings. The number of sulfonamides is 1. The molecule has 0 heterocycles. The highest BCUT2D eigenvalue weighted by molar-refractivity contribution is 7.93. The van der Waals surface area contributed by atoms with Gasteiger partial charge in [0.1, 0.15) is 17.2 Å². The third-order valence-electron chi connectivity index (χ3n) is 4.60. The molecule has 0 saturated heterocycles. The number of benzene rings is 2. The highest BCUT2D eigenvalue weighted by Gasteiger charge is 2.36. The van der Waals surface area contributed by atoms with Gasteiger partial charge < -0.3 is 10.1 Å². The molecule has 0 saturated carbocycles. The molecule has 1 atom stereocenters. The number of alkyl halides is 3. The Morgan fingerprint density at radius 1 is 1.22 bits per heavy atom. The lowest BCUT2D eigenvalue weighted by molar-refractivity contribution is -0.137. The summed E-state index contributed by atoms with van der Waals surface area (Å²) in [6.07, 6.45) is -3.31. The Bertz CT molecular complexity index is 1060. The van der Waals surface area contributed by atoms with E-state index in [-0.39, 0.29) is 17.5 Å². The lowest BCUT2D eigenvalue weighted by atomic mass is 10.2. The number of nitrogens with zero attached hydrogens (tertiary/aromatic N) is 1. The number of amides is 1. The number of rotatable bonds is 9. The molecule has 176 valence electrons. The maximum absolute atomic E-state index is 13.5. The van der Waals surface area contributed by atoms with E-state index >= 15 is 0 Å². The van der Waals surface area contributed by atoms with Gasteiger partial charge in [-0.3, -0.25) is 9.10 Å². The Balaban J connectivity index is 2.60. The number of para-hydroxylation sites is 2. The molecule has 1 amide bonds. The lowest BCUT2D eigenvalue weighted by Gasteiger charge is -2.27. The first kappa shape index (κ1) is 25.8. The van der Waals surface area contributed by atoms with Crippen molar-refractivity contribution in [1.82, 2.24) is 5.32 Å². The van der Waals surface area contributed by atoms with E-state index in [0.29, 0.717) is 22.9 Å². The Morgan fingerprint density at radius 3 is 2.47 bits per heavy atom. The van der Waals surface area contributed by atoms with E-state index < -0.39 is 44.1 Å². The smallest absolute Gasteiger partial charge is 0.416 e. The minimum atomic E-state index is -4.78. The summed E-state index contributed by atoms with van der Waals surface area (Å²) in [7, 11) is -3.37. The zero-order valence-corrected chi connectivity index (χ0v) is 19.3. The second-order valence-corrected chi connectivity index (χ2v) is 9.32. The summed E-state index contributed by atoms with van der Waals surface area (Å²) < 4.78 is 72.5. The SMILES string of the molecule is CCC[C@H](C)NC(=O)CN(c1ccccc1OC)S(=O)(=O)c1cc(C(F)(F)F)ccc1Cl. The van der Waals surface area contributed by atoms with Gasteiger partial charge in [-0.05, 0) is 43.7 Å². The van der Waals surface area contributed by atoms with Crippen molar-refractivity contribution in [3.63, 3.8) is 0 Å². The Hall–Kier alpha value is -2.46. The Labute approximate surface area is 190 Å². The maximum atomic E-state index is 13.5. The van der Waals surface area contributed by atoms with Crippen LogP contribution in [0, 0.1) is 0 Å². The first-order valence-electron chi connectivity index (χ1n) is 9.73. The van der Waals surface area contributed by atoms with Gasteiger partial charge in [0.25, 0.3) is 10.0 Å². The number of carbonyl (C=O) groups is 1. The standard InChI is InChI=1S/C21H24ClF3N2O4S/c1-4-7-14(2)26-20(28)13-27(17-8-5-6-9-18(17)31-3)32(29,30)19-12-15(21(23,24)25)10-11-16(19)22/h5-6,8-12,14H,4,7,13H2,1-3H3,(H,26,28)/t14-/m0/s1. The van der Waals surface area contributed by atoms with E-state index in [0.717, 1.165) is 12.5 Å². The lowest BCUT2D eigenvalue weighted by Crippen LogP contribution is -2.43. The summed E-state index contributed by atoms with van der Waals surface area (Å²) >= 11 is 5.99. The van der Waals surface area contributed by atoms with Gasteiger partial charge in [-0.15, -0.1) is 0 Å². The molecule has 11 heteroatoms. The molecule has 2 aromatic rings. The molecular weight excluding hydrogens is 469 g/mol. The van der Waals surface area contributed by atoms with Gasteiger partial charge in [-0.1, -0.05) is 37.1 Å². The van der Waals surface area contributed by atoms with Crippen LogP contribution in [0.3, 0.4) is 0 Å². The molecule has 1 N–H and O–H groups in total. The molecule has 6 nitrogen and oxygen atoms in total. The van der Waals surface area contributed by atoms with Crippen molar-refractivity contribution >= 4 is 33.2 Å². The van der Waals surface area contributed by atoms with E-state index in [1.54, 1.807) is 13.0 Å². The van der Waals surface area contributed by atoms with Crippen molar-refractivity contribution in [2.24, 2.45) is 0 Å². The molecule has 0 bridgehead atoms. The normalized spacial score (nSPS) is 12.8. The molecule has 0 unspecified atom stereocenters. The van der Waals surface area contributed by atoms with Gasteiger partial charge in [0.05, 0.1) is 23.4 Å². The van der Waals surface area contributed by atoms with E-state index in [1.807, 2.05) is 6.92 Å². The molecule has 32 heavy (non-hydrogen) atoms. The second-order valence-electron chi connectivity index (χ2n) is 7.08. The minimum absolute atomic E-state index is 0.0122. The van der Waals surface area contributed by atoms with Gasteiger partial charge in [0.2, 0.25) is 5.91 Å². The zero-order chi connectivity index (χ0) is 24.1. The summed E-state index contributed by atoms with van der Waals surface area (Å²) in [5.41, 5.74) is -1.19. The molecule has 0 aromatic heterocycles. The average molecular weight is 493 g/mol. The van der Waals surface area contributed by atoms with E-state index in [1.165, 1.54) is 25.3 Å². The van der Waals surface area contributed by atoms with Gasteiger partial charge in [-0.2, -0.15) is 13.2 Å². The molecule has 0 spiro atoms. The molecule has 0 aliphatic rings. The van der Waals surface area contributed by atoms with Crippen LogP contribution < -0.4 is 14.4 Å². The van der Waals surface area contributed by atoms with Crippen LogP contribution in [0.1, 0.15) is 32.3 Å². The summed E-state index contributed by atoms with van der Waals surface area (Å²) in [6.45, 7) is 3.03. The fourth-order valence-electron chi connectivity index (χ4n) is 3.09. The summed E-state index contributed by atoms with van der Waals surface area (Å²) in [6, 6.07) is 7.77. The molecule has 0 aliphatic carbocycles. The topological polar surface area (TPSA) is 75.7 Å². The largest absolute Gasteiger partial charge is 0.495 e. The number of hydrogen-bond acceptors (Lipinski definition) is 4. The van der Waals surface area contributed by atoms with E-state index in [4.69, 9.17) is 16.3 Å². The number of halogens is 4. The van der Waals surface area contributed by atoms with Gasteiger partial charge >= 0.3 is 6.18 Å². The van der Waals surface area contributed by atoms with Crippen LogP contribution in [-0.4, -0.2) is 34.0 Å². The fourth-order valence-corrected chi connectivity index (χ4v) is 5.02. The summed E-state index contributed by atoms with van der Waals surface area (Å²) in [4.78, 5) is 11.9. The van der Waals surface area contributed by atoms with Crippen molar-refractivity contribution in [2.75, 3.05) is 18.0 Å². The number of nitrogens with one attached hydrogen (secondary N) is 1. The van der Waals surface area contributed by atoms with Crippen LogP contribution >= 0.6 is 11.6 Å². The van der Waals surface area contributed by atoms with Crippen LogP contribution in [0.2, 0.25) is 5.02 Å². The fraction of sp³-hybridized carbons (Fsp3) is 0.381. The first-order chi connectivity index (χ1) is 14.9. The predicted molar refractivity (Wildman–Crippen MR) is 116 cm³/mol. The summed E-state index contributed by atoms with van der Waals surface area (Å²) in [5, 5.41) is 2.29. The van der Waals surface area contributed by atoms with Gasteiger partial charge in [-0.25, -0.2) is 8.42 Å². The number of carbonyl (C=O) groups excluding carboxylic acids is 1. The van der Waals surface area contributed by atoms with Crippen LogP contribution in [0.25, 0.3) is 0 Å². The number of ether oxygens (including phenoxy) is 1.